The molecule has 0 saturated heterocycles. The highest BCUT2D eigenvalue weighted by molar-refractivity contribution is 7.18. The Hall–Kier alpha value is -0.960. The van der Waals surface area contributed by atoms with E-state index >= 15 is 0 Å². The molecule has 0 spiro atoms. The van der Waals surface area contributed by atoms with E-state index in [9.17, 15) is 4.39 Å². The third-order valence-electron chi connectivity index (χ3n) is 2.80. The number of halogens is 1. The molecule has 0 aliphatic carbocycles. The number of aromatic nitrogens is 1. The number of fused-ring (bicyclic) bond motifs is 1. The molecule has 2 aromatic rings. The molecule has 0 atom stereocenters. The molecule has 1 aromatic heterocycles. The van der Waals surface area contributed by atoms with E-state index < -0.39 is 0 Å². The summed E-state index contributed by atoms with van der Waals surface area (Å²) < 4.78 is 15.1. The fourth-order valence-corrected chi connectivity index (χ4v) is 2.78. The van der Waals surface area contributed by atoms with Gasteiger partial charge in [-0.1, -0.05) is 34.6 Å². The van der Waals surface area contributed by atoms with Crippen LogP contribution in [-0.4, -0.2) is 4.98 Å². The molecule has 0 saturated carbocycles. The van der Waals surface area contributed by atoms with E-state index in [2.05, 4.69) is 18.8 Å². The zero-order valence-electron chi connectivity index (χ0n) is 11.0. The molecule has 0 N–H and O–H groups in total. The van der Waals surface area contributed by atoms with Gasteiger partial charge >= 0.3 is 0 Å². The van der Waals surface area contributed by atoms with Crippen LogP contribution in [0.4, 0.5) is 4.39 Å². The summed E-state index contributed by atoms with van der Waals surface area (Å²) in [6.07, 6.45) is 0. The number of hydrogen-bond donors (Lipinski definition) is 0. The Balaban J connectivity index is 2.64. The van der Waals surface area contributed by atoms with Crippen LogP contribution in [0.25, 0.3) is 10.2 Å². The highest BCUT2D eigenvalue weighted by atomic mass is 32.1. The smallest absolute Gasteiger partial charge is 0.129 e. The molecule has 1 nitrogen and oxygen atoms in total. The first-order chi connectivity index (χ1) is 7.79. The van der Waals surface area contributed by atoms with Crippen molar-refractivity contribution < 1.29 is 4.39 Å². The van der Waals surface area contributed by atoms with Crippen LogP contribution in [0.5, 0.6) is 0 Å². The maximum absolute atomic E-state index is 14.0. The third kappa shape index (κ3) is 2.34. The van der Waals surface area contributed by atoms with Crippen molar-refractivity contribution in [3.8, 4) is 0 Å². The van der Waals surface area contributed by atoms with Crippen molar-refractivity contribution in [1.82, 2.24) is 4.98 Å². The first-order valence-electron chi connectivity index (χ1n) is 5.89. The van der Waals surface area contributed by atoms with Gasteiger partial charge in [-0.3, -0.25) is 0 Å². The number of thiazole rings is 1. The molecule has 1 heterocycles. The minimum Gasteiger partial charge on any atom is -0.241 e. The molecule has 0 amide bonds. The Morgan fingerprint density at radius 2 is 1.88 bits per heavy atom. The molecule has 3 heteroatoms. The van der Waals surface area contributed by atoms with Gasteiger partial charge in [0.25, 0.3) is 0 Å². The normalized spacial score (nSPS) is 12.6. The van der Waals surface area contributed by atoms with Gasteiger partial charge in [-0.25, -0.2) is 9.37 Å². The first kappa shape index (κ1) is 12.5. The van der Waals surface area contributed by atoms with Gasteiger partial charge in [0.1, 0.15) is 5.82 Å². The molecule has 0 fully saturated rings. The van der Waals surface area contributed by atoms with Gasteiger partial charge in [-0.2, -0.15) is 0 Å². The van der Waals surface area contributed by atoms with Gasteiger partial charge in [0, 0.05) is 12.0 Å². The van der Waals surface area contributed by atoms with Crippen molar-refractivity contribution in [3.63, 3.8) is 0 Å². The van der Waals surface area contributed by atoms with Crippen LogP contribution in [0.1, 0.15) is 51.1 Å². The van der Waals surface area contributed by atoms with Gasteiger partial charge in [0.05, 0.1) is 15.2 Å². The predicted molar refractivity (Wildman–Crippen MR) is 72.4 cm³/mol. The summed E-state index contributed by atoms with van der Waals surface area (Å²) in [6.45, 7) is 10.3. The van der Waals surface area contributed by atoms with E-state index in [0.717, 1.165) is 20.8 Å². The van der Waals surface area contributed by atoms with Gasteiger partial charge < -0.3 is 0 Å². The van der Waals surface area contributed by atoms with Crippen LogP contribution in [0.3, 0.4) is 0 Å². The third-order valence-corrected chi connectivity index (χ3v) is 4.11. The minimum atomic E-state index is -0.166. The van der Waals surface area contributed by atoms with E-state index in [0.29, 0.717) is 5.92 Å². The molecule has 0 radical (unpaired) electrons. The lowest BCUT2D eigenvalue weighted by atomic mass is 9.86. The van der Waals surface area contributed by atoms with E-state index in [1.165, 1.54) is 0 Å². The van der Waals surface area contributed by atoms with Crippen molar-refractivity contribution in [2.75, 3.05) is 0 Å². The molecule has 0 aliphatic heterocycles. The molecule has 17 heavy (non-hydrogen) atoms. The quantitative estimate of drug-likeness (QED) is 0.705. The van der Waals surface area contributed by atoms with Crippen LogP contribution in [0.15, 0.2) is 12.1 Å². The van der Waals surface area contributed by atoms with Crippen LogP contribution in [0, 0.1) is 5.82 Å². The minimum absolute atomic E-state index is 0.148. The Labute approximate surface area is 106 Å². The van der Waals surface area contributed by atoms with Crippen molar-refractivity contribution in [3.05, 3.63) is 28.5 Å². The van der Waals surface area contributed by atoms with Crippen molar-refractivity contribution >= 4 is 21.6 Å². The zero-order chi connectivity index (χ0) is 12.8. The molecule has 1 aromatic carbocycles. The van der Waals surface area contributed by atoms with Crippen LogP contribution < -0.4 is 0 Å². The molecule has 92 valence electrons. The monoisotopic (exact) mass is 251 g/mol. The Kier molecular flexibility index (Phi) is 2.98. The van der Waals surface area contributed by atoms with E-state index in [-0.39, 0.29) is 11.2 Å². The van der Waals surface area contributed by atoms with Crippen LogP contribution in [0.2, 0.25) is 0 Å². The topological polar surface area (TPSA) is 12.9 Å². The second-order valence-corrected chi connectivity index (χ2v) is 6.82. The second kappa shape index (κ2) is 4.05. The van der Waals surface area contributed by atoms with Gasteiger partial charge in [0.15, 0.2) is 0 Å². The Morgan fingerprint density at radius 3 is 2.41 bits per heavy atom. The standard InChI is InChI=1S/C14H18FNS/c1-8(2)13-16-11-7-10(15)9(14(3,4)5)6-12(11)17-13/h6-8H,1-5H3. The van der Waals surface area contributed by atoms with E-state index in [1.807, 2.05) is 26.8 Å². The number of rotatable bonds is 1. The maximum Gasteiger partial charge on any atom is 0.129 e. The summed E-state index contributed by atoms with van der Waals surface area (Å²) in [4.78, 5) is 4.47. The molecule has 0 aliphatic rings. The zero-order valence-corrected chi connectivity index (χ0v) is 11.8. The van der Waals surface area contributed by atoms with Crippen molar-refractivity contribution in [1.29, 1.82) is 0 Å². The summed E-state index contributed by atoms with van der Waals surface area (Å²) in [5, 5.41) is 1.07. The van der Waals surface area contributed by atoms with Crippen molar-refractivity contribution in [2.24, 2.45) is 0 Å². The average Bonchev–Trinajstić information content (AvgIpc) is 2.57. The molecule has 2 rings (SSSR count). The summed E-state index contributed by atoms with van der Waals surface area (Å²) in [5.74, 6) is 0.249. The van der Waals surface area contributed by atoms with Crippen LogP contribution in [-0.2, 0) is 5.41 Å². The Morgan fingerprint density at radius 1 is 1.24 bits per heavy atom. The van der Waals surface area contributed by atoms with Gasteiger partial charge in [0.2, 0.25) is 0 Å². The van der Waals surface area contributed by atoms with Gasteiger partial charge in [-0.15, -0.1) is 11.3 Å². The lowest BCUT2D eigenvalue weighted by molar-refractivity contribution is 0.524. The summed E-state index contributed by atoms with van der Waals surface area (Å²) in [6, 6.07) is 3.52. The summed E-state index contributed by atoms with van der Waals surface area (Å²) >= 11 is 1.67. The predicted octanol–water partition coefficient (Wildman–Crippen LogP) is 4.86. The van der Waals surface area contributed by atoms with Crippen molar-refractivity contribution in [2.45, 2.75) is 46.0 Å². The Bertz CT molecular complexity index is 549. The highest BCUT2D eigenvalue weighted by Crippen LogP contribution is 2.33. The highest BCUT2D eigenvalue weighted by Gasteiger charge is 2.20. The lowest BCUT2D eigenvalue weighted by Gasteiger charge is -2.19. The number of benzene rings is 1. The summed E-state index contributed by atoms with van der Waals surface area (Å²) in [7, 11) is 0. The second-order valence-electron chi connectivity index (χ2n) is 5.76. The summed E-state index contributed by atoms with van der Waals surface area (Å²) in [5.41, 5.74) is 1.38. The van der Waals surface area contributed by atoms with Crippen LogP contribution >= 0.6 is 11.3 Å². The fraction of sp³-hybridized carbons (Fsp3) is 0.500. The average molecular weight is 251 g/mol. The molecular formula is C14H18FNS. The lowest BCUT2D eigenvalue weighted by Crippen LogP contribution is -2.13. The number of hydrogen-bond acceptors (Lipinski definition) is 2. The maximum atomic E-state index is 14.0. The largest absolute Gasteiger partial charge is 0.241 e. The van der Waals surface area contributed by atoms with E-state index in [1.54, 1.807) is 17.4 Å². The van der Waals surface area contributed by atoms with E-state index in [4.69, 9.17) is 0 Å². The first-order valence-corrected chi connectivity index (χ1v) is 6.71. The molecular weight excluding hydrogens is 233 g/mol. The SMILES string of the molecule is CC(C)c1nc2cc(F)c(C(C)(C)C)cc2s1. The molecule has 0 bridgehead atoms. The fourth-order valence-electron chi connectivity index (χ4n) is 1.79. The molecule has 0 unspecified atom stereocenters. The van der Waals surface area contributed by atoms with Gasteiger partial charge in [-0.05, 0) is 17.0 Å². The number of nitrogens with zero attached hydrogens (tertiary/aromatic N) is 1.